The zero-order chi connectivity index (χ0) is 13.6. The fourth-order valence-electron chi connectivity index (χ4n) is 2.09. The van der Waals surface area contributed by atoms with Crippen molar-refractivity contribution in [2.75, 3.05) is 19.0 Å². The lowest BCUT2D eigenvalue weighted by molar-refractivity contribution is -0.142. The summed E-state index contributed by atoms with van der Waals surface area (Å²) in [5.74, 6) is -0.700. The molecule has 0 saturated carbocycles. The van der Waals surface area contributed by atoms with Crippen LogP contribution in [0.5, 0.6) is 0 Å². The van der Waals surface area contributed by atoms with Gasteiger partial charge in [-0.15, -0.1) is 0 Å². The van der Waals surface area contributed by atoms with E-state index in [-0.39, 0.29) is 18.5 Å². The van der Waals surface area contributed by atoms with Crippen molar-refractivity contribution >= 4 is 15.8 Å². The molecule has 0 N–H and O–H groups in total. The highest BCUT2D eigenvalue weighted by molar-refractivity contribution is 7.92. The predicted molar refractivity (Wildman–Crippen MR) is 68.1 cm³/mol. The molecule has 106 valence electrons. The molecule has 6 heteroatoms. The van der Waals surface area contributed by atoms with E-state index in [9.17, 15) is 13.2 Å². The Morgan fingerprint density at radius 1 is 1.44 bits per heavy atom. The standard InChI is InChI=1S/C12H22O5S/c1-3-6-11(12(13)16-4-2)18(14,15)9-10-7-5-8-17-10/h10-11H,3-9H2,1-2H3. The summed E-state index contributed by atoms with van der Waals surface area (Å²) in [4.78, 5) is 11.7. The Bertz CT molecular complexity index is 357. The van der Waals surface area contributed by atoms with E-state index in [4.69, 9.17) is 9.47 Å². The lowest BCUT2D eigenvalue weighted by atomic mass is 10.2. The Labute approximate surface area is 109 Å². The third kappa shape index (κ3) is 4.24. The van der Waals surface area contributed by atoms with Crippen molar-refractivity contribution in [2.24, 2.45) is 0 Å². The van der Waals surface area contributed by atoms with Crippen molar-refractivity contribution in [1.29, 1.82) is 0 Å². The molecule has 0 aromatic carbocycles. The molecule has 0 aromatic rings. The van der Waals surface area contributed by atoms with Crippen LogP contribution in [0.1, 0.15) is 39.5 Å². The second kappa shape index (κ2) is 7.09. The van der Waals surface area contributed by atoms with Gasteiger partial charge in [-0.05, 0) is 26.2 Å². The van der Waals surface area contributed by atoms with Gasteiger partial charge in [0, 0.05) is 6.61 Å². The van der Waals surface area contributed by atoms with Crippen molar-refractivity contribution in [1.82, 2.24) is 0 Å². The monoisotopic (exact) mass is 278 g/mol. The molecular formula is C12H22O5S. The van der Waals surface area contributed by atoms with Gasteiger partial charge >= 0.3 is 5.97 Å². The van der Waals surface area contributed by atoms with Crippen molar-refractivity contribution < 1.29 is 22.7 Å². The second-order valence-electron chi connectivity index (χ2n) is 4.49. The van der Waals surface area contributed by atoms with Crippen molar-refractivity contribution in [3.63, 3.8) is 0 Å². The van der Waals surface area contributed by atoms with Crippen molar-refractivity contribution in [3.05, 3.63) is 0 Å². The number of ether oxygens (including phenoxy) is 2. The van der Waals surface area contributed by atoms with Crippen LogP contribution in [0.15, 0.2) is 0 Å². The number of sulfone groups is 1. The van der Waals surface area contributed by atoms with Crippen molar-refractivity contribution in [2.45, 2.75) is 50.9 Å². The zero-order valence-electron chi connectivity index (χ0n) is 11.1. The number of hydrogen-bond acceptors (Lipinski definition) is 5. The van der Waals surface area contributed by atoms with Crippen LogP contribution in [0.2, 0.25) is 0 Å². The van der Waals surface area contributed by atoms with Crippen LogP contribution in [0.4, 0.5) is 0 Å². The van der Waals surface area contributed by atoms with Gasteiger partial charge in [0.05, 0.1) is 18.5 Å². The molecule has 1 saturated heterocycles. The first kappa shape index (κ1) is 15.4. The van der Waals surface area contributed by atoms with E-state index in [0.29, 0.717) is 19.4 Å². The van der Waals surface area contributed by atoms with Gasteiger partial charge in [0.2, 0.25) is 0 Å². The van der Waals surface area contributed by atoms with Gasteiger partial charge in [0.25, 0.3) is 0 Å². The zero-order valence-corrected chi connectivity index (χ0v) is 11.9. The summed E-state index contributed by atoms with van der Waals surface area (Å²) in [5, 5.41) is -1.04. The van der Waals surface area contributed by atoms with Gasteiger partial charge in [-0.3, -0.25) is 4.79 Å². The average Bonchev–Trinajstić information content (AvgIpc) is 2.77. The third-order valence-corrected chi connectivity index (χ3v) is 5.11. The largest absolute Gasteiger partial charge is 0.465 e. The number of esters is 1. The quantitative estimate of drug-likeness (QED) is 0.657. The molecule has 18 heavy (non-hydrogen) atoms. The van der Waals surface area contributed by atoms with Gasteiger partial charge < -0.3 is 9.47 Å². The van der Waals surface area contributed by atoms with Crippen LogP contribution in [0, 0.1) is 0 Å². The Hall–Kier alpha value is -0.620. The molecule has 0 aliphatic carbocycles. The molecule has 0 radical (unpaired) electrons. The van der Waals surface area contributed by atoms with Crippen LogP contribution in [-0.2, 0) is 24.1 Å². The van der Waals surface area contributed by atoms with E-state index >= 15 is 0 Å². The lowest BCUT2D eigenvalue weighted by Crippen LogP contribution is -2.36. The average molecular weight is 278 g/mol. The molecule has 0 spiro atoms. The summed E-state index contributed by atoms with van der Waals surface area (Å²) in [7, 11) is -3.49. The van der Waals surface area contributed by atoms with E-state index in [1.807, 2.05) is 6.92 Å². The van der Waals surface area contributed by atoms with Crippen LogP contribution >= 0.6 is 0 Å². The predicted octanol–water partition coefficient (Wildman–Crippen LogP) is 1.31. The van der Waals surface area contributed by atoms with E-state index < -0.39 is 21.1 Å². The summed E-state index contributed by atoms with van der Waals surface area (Å²) in [5.41, 5.74) is 0. The van der Waals surface area contributed by atoms with Gasteiger partial charge in [0.15, 0.2) is 15.1 Å². The third-order valence-electron chi connectivity index (χ3n) is 2.98. The lowest BCUT2D eigenvalue weighted by Gasteiger charge is -2.17. The molecule has 2 atom stereocenters. The molecule has 1 aliphatic heterocycles. The summed E-state index contributed by atoms with van der Waals surface area (Å²) >= 11 is 0. The molecule has 1 heterocycles. The molecule has 0 aromatic heterocycles. The van der Waals surface area contributed by atoms with Crippen LogP contribution in [-0.4, -0.2) is 44.7 Å². The van der Waals surface area contributed by atoms with E-state index in [0.717, 1.165) is 12.8 Å². The molecule has 1 fully saturated rings. The molecule has 0 amide bonds. The highest BCUT2D eigenvalue weighted by Crippen LogP contribution is 2.19. The minimum Gasteiger partial charge on any atom is -0.465 e. The molecule has 1 rings (SSSR count). The maximum Gasteiger partial charge on any atom is 0.324 e. The Balaban J connectivity index is 2.72. The maximum absolute atomic E-state index is 12.2. The normalized spacial score (nSPS) is 21.8. The van der Waals surface area contributed by atoms with Crippen LogP contribution < -0.4 is 0 Å². The smallest absolute Gasteiger partial charge is 0.324 e. The molecular weight excluding hydrogens is 256 g/mol. The second-order valence-corrected chi connectivity index (χ2v) is 6.72. The van der Waals surface area contributed by atoms with Gasteiger partial charge in [-0.1, -0.05) is 13.3 Å². The van der Waals surface area contributed by atoms with Gasteiger partial charge in [-0.25, -0.2) is 8.42 Å². The Morgan fingerprint density at radius 3 is 2.67 bits per heavy atom. The number of rotatable bonds is 7. The molecule has 5 nitrogen and oxygen atoms in total. The highest BCUT2D eigenvalue weighted by Gasteiger charge is 2.35. The van der Waals surface area contributed by atoms with Crippen LogP contribution in [0.25, 0.3) is 0 Å². The van der Waals surface area contributed by atoms with Crippen molar-refractivity contribution in [3.8, 4) is 0 Å². The molecule has 0 bridgehead atoms. The van der Waals surface area contributed by atoms with Gasteiger partial charge in [0.1, 0.15) is 0 Å². The fraction of sp³-hybridized carbons (Fsp3) is 0.917. The number of hydrogen-bond donors (Lipinski definition) is 0. The fourth-order valence-corrected chi connectivity index (χ4v) is 4.06. The summed E-state index contributed by atoms with van der Waals surface area (Å²) in [6.07, 6.45) is 2.32. The summed E-state index contributed by atoms with van der Waals surface area (Å²) in [6, 6.07) is 0. The minimum atomic E-state index is -3.49. The van der Waals surface area contributed by atoms with Crippen LogP contribution in [0.3, 0.4) is 0 Å². The first-order chi connectivity index (χ1) is 8.51. The topological polar surface area (TPSA) is 69.7 Å². The summed E-state index contributed by atoms with van der Waals surface area (Å²) < 4.78 is 34.6. The first-order valence-electron chi connectivity index (χ1n) is 6.51. The van der Waals surface area contributed by atoms with Gasteiger partial charge in [-0.2, -0.15) is 0 Å². The summed E-state index contributed by atoms with van der Waals surface area (Å²) in [6.45, 7) is 4.34. The Kier molecular flexibility index (Phi) is 6.08. The Morgan fingerprint density at radius 2 is 2.17 bits per heavy atom. The maximum atomic E-state index is 12.2. The van der Waals surface area contributed by atoms with E-state index in [1.54, 1.807) is 6.92 Å². The first-order valence-corrected chi connectivity index (χ1v) is 8.22. The van der Waals surface area contributed by atoms with E-state index in [1.165, 1.54) is 0 Å². The SMILES string of the molecule is CCCC(C(=O)OCC)S(=O)(=O)CC1CCCO1. The van der Waals surface area contributed by atoms with E-state index in [2.05, 4.69) is 0 Å². The minimum absolute atomic E-state index is 0.0729. The molecule has 1 aliphatic rings. The highest BCUT2D eigenvalue weighted by atomic mass is 32.2. The molecule has 2 unspecified atom stereocenters. The number of carbonyl (C=O) groups excluding carboxylic acids is 1. The number of carbonyl (C=O) groups is 1.